The summed E-state index contributed by atoms with van der Waals surface area (Å²) in [6.45, 7) is 1.16. The van der Waals surface area contributed by atoms with Crippen molar-refractivity contribution in [1.82, 2.24) is 25.0 Å². The van der Waals surface area contributed by atoms with Crippen molar-refractivity contribution < 1.29 is 9.32 Å². The molecule has 7 nitrogen and oxygen atoms in total. The lowest BCUT2D eigenvalue weighted by Crippen LogP contribution is -2.47. The van der Waals surface area contributed by atoms with Crippen LogP contribution in [0.5, 0.6) is 0 Å². The fourth-order valence-corrected chi connectivity index (χ4v) is 3.00. The van der Waals surface area contributed by atoms with Crippen molar-refractivity contribution in [3.05, 3.63) is 52.9 Å². The number of amides is 1. The first-order valence-corrected chi connectivity index (χ1v) is 8.28. The van der Waals surface area contributed by atoms with E-state index in [1.807, 2.05) is 23.6 Å². The van der Waals surface area contributed by atoms with E-state index in [2.05, 4.69) is 20.1 Å². The van der Waals surface area contributed by atoms with Crippen LogP contribution in [-0.4, -0.2) is 44.0 Å². The third kappa shape index (κ3) is 2.95. The van der Waals surface area contributed by atoms with E-state index in [0.29, 0.717) is 30.5 Å². The van der Waals surface area contributed by atoms with Crippen LogP contribution in [0.15, 0.2) is 46.7 Å². The summed E-state index contributed by atoms with van der Waals surface area (Å²) < 4.78 is 5.29. The maximum absolute atomic E-state index is 12.1. The lowest BCUT2D eigenvalue weighted by molar-refractivity contribution is -0.130. The SMILES string of the molecule is O=C(C=Cc1cccs1)N1CC(c2nc(-c3cnccn3)no2)C1. The van der Waals surface area contributed by atoms with Crippen LogP contribution in [0.2, 0.25) is 0 Å². The second kappa shape index (κ2) is 6.32. The van der Waals surface area contributed by atoms with Crippen molar-refractivity contribution in [2.24, 2.45) is 0 Å². The molecule has 0 aromatic carbocycles. The molecule has 0 radical (unpaired) electrons. The molecule has 0 spiro atoms. The predicted molar refractivity (Wildman–Crippen MR) is 88.0 cm³/mol. The lowest BCUT2D eigenvalue weighted by atomic mass is 10.00. The molecule has 0 atom stereocenters. The van der Waals surface area contributed by atoms with Gasteiger partial charge < -0.3 is 9.42 Å². The Morgan fingerprint density at radius 1 is 1.38 bits per heavy atom. The highest BCUT2D eigenvalue weighted by Crippen LogP contribution is 2.27. The van der Waals surface area contributed by atoms with Gasteiger partial charge in [0, 0.05) is 36.4 Å². The van der Waals surface area contributed by atoms with Crippen LogP contribution < -0.4 is 0 Å². The number of likely N-dealkylation sites (tertiary alicyclic amines) is 1. The minimum atomic E-state index is -0.00619. The summed E-state index contributed by atoms with van der Waals surface area (Å²) in [5.41, 5.74) is 0.568. The van der Waals surface area contributed by atoms with Crippen LogP contribution in [0.4, 0.5) is 0 Å². The molecule has 1 amide bonds. The van der Waals surface area contributed by atoms with Crippen LogP contribution in [0, 0.1) is 0 Å². The average Bonchev–Trinajstić information content (AvgIpc) is 3.24. The summed E-state index contributed by atoms with van der Waals surface area (Å²) >= 11 is 1.60. The Hall–Kier alpha value is -2.87. The first kappa shape index (κ1) is 14.7. The number of carbonyl (C=O) groups excluding carboxylic acids is 1. The summed E-state index contributed by atoms with van der Waals surface area (Å²) in [7, 11) is 0. The topological polar surface area (TPSA) is 85.0 Å². The van der Waals surface area contributed by atoms with Gasteiger partial charge in [-0.3, -0.25) is 9.78 Å². The third-order valence-electron chi connectivity index (χ3n) is 3.71. The van der Waals surface area contributed by atoms with Crippen molar-refractivity contribution in [2.75, 3.05) is 13.1 Å². The van der Waals surface area contributed by atoms with Gasteiger partial charge in [-0.1, -0.05) is 11.2 Å². The standard InChI is InChI=1S/C16H13N5O2S/c22-14(4-3-12-2-1-7-24-12)21-9-11(10-21)16-19-15(20-23-16)13-8-17-5-6-18-13/h1-8,11H,9-10H2. The van der Waals surface area contributed by atoms with Gasteiger partial charge >= 0.3 is 0 Å². The molecule has 4 heterocycles. The van der Waals surface area contributed by atoms with Crippen LogP contribution in [0.25, 0.3) is 17.6 Å². The molecule has 0 unspecified atom stereocenters. The smallest absolute Gasteiger partial charge is 0.246 e. The molecule has 1 fully saturated rings. The van der Waals surface area contributed by atoms with Crippen molar-refractivity contribution in [1.29, 1.82) is 0 Å². The molecular weight excluding hydrogens is 326 g/mol. The van der Waals surface area contributed by atoms with Gasteiger partial charge in [-0.05, 0) is 17.5 Å². The summed E-state index contributed by atoms with van der Waals surface area (Å²) in [4.78, 5) is 27.4. The molecule has 0 aliphatic carbocycles. The summed E-state index contributed by atoms with van der Waals surface area (Å²) in [5.74, 6) is 1.01. The number of hydrogen-bond acceptors (Lipinski definition) is 7. The van der Waals surface area contributed by atoms with E-state index < -0.39 is 0 Å². The molecule has 0 bridgehead atoms. The average molecular weight is 339 g/mol. The van der Waals surface area contributed by atoms with E-state index in [-0.39, 0.29) is 11.8 Å². The molecule has 0 saturated carbocycles. The maximum atomic E-state index is 12.1. The Morgan fingerprint density at radius 2 is 2.29 bits per heavy atom. The monoisotopic (exact) mass is 339 g/mol. The largest absolute Gasteiger partial charge is 0.338 e. The van der Waals surface area contributed by atoms with Crippen LogP contribution in [0.1, 0.15) is 16.7 Å². The summed E-state index contributed by atoms with van der Waals surface area (Å²) in [5, 5.41) is 5.90. The van der Waals surface area contributed by atoms with E-state index in [1.165, 1.54) is 0 Å². The van der Waals surface area contributed by atoms with Crippen molar-refractivity contribution in [3.8, 4) is 11.5 Å². The Kier molecular flexibility index (Phi) is 3.87. The van der Waals surface area contributed by atoms with E-state index >= 15 is 0 Å². The van der Waals surface area contributed by atoms with Gasteiger partial charge in [0.15, 0.2) is 0 Å². The Labute approximate surface area is 141 Å². The zero-order valence-corrected chi connectivity index (χ0v) is 13.4. The van der Waals surface area contributed by atoms with E-state index in [9.17, 15) is 4.79 Å². The highest BCUT2D eigenvalue weighted by atomic mass is 32.1. The number of nitrogens with zero attached hydrogens (tertiary/aromatic N) is 5. The molecule has 1 aliphatic heterocycles. The molecule has 3 aromatic rings. The van der Waals surface area contributed by atoms with Crippen LogP contribution in [0.3, 0.4) is 0 Å². The van der Waals surface area contributed by atoms with Gasteiger partial charge in [0.1, 0.15) is 5.69 Å². The Balaban J connectivity index is 1.36. The van der Waals surface area contributed by atoms with Gasteiger partial charge in [0.25, 0.3) is 0 Å². The van der Waals surface area contributed by atoms with Gasteiger partial charge in [-0.2, -0.15) is 4.98 Å². The highest BCUT2D eigenvalue weighted by molar-refractivity contribution is 7.10. The van der Waals surface area contributed by atoms with Crippen LogP contribution >= 0.6 is 11.3 Å². The normalized spacial score (nSPS) is 14.9. The lowest BCUT2D eigenvalue weighted by Gasteiger charge is -2.36. The fraction of sp³-hybridized carbons (Fsp3) is 0.188. The fourth-order valence-electron chi connectivity index (χ4n) is 2.38. The Morgan fingerprint density at radius 3 is 3.04 bits per heavy atom. The molecule has 8 heteroatoms. The second-order valence-corrected chi connectivity index (χ2v) is 6.32. The van der Waals surface area contributed by atoms with Gasteiger partial charge in [0.2, 0.25) is 17.6 Å². The van der Waals surface area contributed by atoms with Crippen molar-refractivity contribution in [3.63, 3.8) is 0 Å². The van der Waals surface area contributed by atoms with Crippen LogP contribution in [-0.2, 0) is 4.79 Å². The third-order valence-corrected chi connectivity index (χ3v) is 4.55. The zero-order valence-electron chi connectivity index (χ0n) is 12.6. The number of thiophene rings is 1. The molecule has 120 valence electrons. The second-order valence-electron chi connectivity index (χ2n) is 5.34. The Bertz CT molecular complexity index is 854. The van der Waals surface area contributed by atoms with E-state index in [4.69, 9.17) is 4.52 Å². The molecule has 0 N–H and O–H groups in total. The molecule has 4 rings (SSSR count). The van der Waals surface area contributed by atoms with Gasteiger partial charge in [-0.15, -0.1) is 11.3 Å². The molecule has 24 heavy (non-hydrogen) atoms. The van der Waals surface area contributed by atoms with E-state index in [0.717, 1.165) is 4.88 Å². The molecule has 1 aliphatic rings. The van der Waals surface area contributed by atoms with Gasteiger partial charge in [0.05, 0.1) is 12.1 Å². The number of hydrogen-bond donors (Lipinski definition) is 0. The van der Waals surface area contributed by atoms with Crippen molar-refractivity contribution >= 4 is 23.3 Å². The first-order valence-electron chi connectivity index (χ1n) is 7.40. The summed E-state index contributed by atoms with van der Waals surface area (Å²) in [6, 6.07) is 3.93. The first-order chi connectivity index (χ1) is 11.8. The minimum Gasteiger partial charge on any atom is -0.338 e. The predicted octanol–water partition coefficient (Wildman–Crippen LogP) is 2.23. The number of carbonyl (C=O) groups is 1. The minimum absolute atomic E-state index is 0.00619. The number of rotatable bonds is 4. The molecule has 1 saturated heterocycles. The molecule has 3 aromatic heterocycles. The maximum Gasteiger partial charge on any atom is 0.246 e. The number of aromatic nitrogens is 4. The summed E-state index contributed by atoms with van der Waals surface area (Å²) in [6.07, 6.45) is 8.18. The quantitative estimate of drug-likeness (QED) is 0.678. The highest BCUT2D eigenvalue weighted by Gasteiger charge is 2.34. The molecular formula is C16H13N5O2S. The van der Waals surface area contributed by atoms with Crippen molar-refractivity contribution in [2.45, 2.75) is 5.92 Å². The van der Waals surface area contributed by atoms with E-state index in [1.54, 1.807) is 40.9 Å². The van der Waals surface area contributed by atoms with Gasteiger partial charge in [-0.25, -0.2) is 4.98 Å². The zero-order chi connectivity index (χ0) is 16.4.